The van der Waals surface area contributed by atoms with Crippen molar-refractivity contribution in [2.75, 3.05) is 0 Å². The van der Waals surface area contributed by atoms with Crippen LogP contribution in [0.5, 0.6) is 0 Å². The second kappa shape index (κ2) is 4.05. The van der Waals surface area contributed by atoms with Crippen LogP contribution < -0.4 is 5.46 Å². The fraction of sp³-hybridized carbons (Fsp3) is 0.167. The molecule has 1 aromatic heterocycles. The van der Waals surface area contributed by atoms with Crippen molar-refractivity contribution < 1.29 is 14.4 Å². The third-order valence-electron chi connectivity index (χ3n) is 1.05. The zero-order valence-electron chi connectivity index (χ0n) is 5.03. The monoisotopic (exact) mass is 157 g/mol. The SMILES string of the molecule is C.OB(O)c1ccc(F)nc1. The lowest BCUT2D eigenvalue weighted by Crippen LogP contribution is -2.30. The molecule has 0 aliphatic rings. The highest BCUT2D eigenvalue weighted by molar-refractivity contribution is 6.58. The van der Waals surface area contributed by atoms with Crippen molar-refractivity contribution in [3.8, 4) is 0 Å². The molecule has 0 amide bonds. The summed E-state index contributed by atoms with van der Waals surface area (Å²) in [5.74, 6) is -0.635. The second-order valence-corrected chi connectivity index (χ2v) is 1.79. The lowest BCUT2D eigenvalue weighted by Gasteiger charge is -1.95. The maximum Gasteiger partial charge on any atom is 0.490 e. The van der Waals surface area contributed by atoms with Crippen LogP contribution in [0.2, 0.25) is 0 Å². The van der Waals surface area contributed by atoms with Crippen molar-refractivity contribution in [2.45, 2.75) is 7.43 Å². The van der Waals surface area contributed by atoms with E-state index in [1.165, 1.54) is 6.07 Å². The van der Waals surface area contributed by atoms with Crippen molar-refractivity contribution in [3.05, 3.63) is 24.3 Å². The minimum absolute atomic E-state index is 0. The highest BCUT2D eigenvalue weighted by atomic mass is 19.1. The molecule has 0 saturated carbocycles. The van der Waals surface area contributed by atoms with E-state index in [2.05, 4.69) is 4.98 Å². The van der Waals surface area contributed by atoms with E-state index in [-0.39, 0.29) is 12.9 Å². The predicted molar refractivity (Wildman–Crippen MR) is 40.8 cm³/mol. The van der Waals surface area contributed by atoms with Gasteiger partial charge in [-0.25, -0.2) is 4.98 Å². The van der Waals surface area contributed by atoms with Crippen molar-refractivity contribution in [1.29, 1.82) is 0 Å². The van der Waals surface area contributed by atoms with Gasteiger partial charge in [-0.3, -0.25) is 0 Å². The molecule has 11 heavy (non-hydrogen) atoms. The summed E-state index contributed by atoms with van der Waals surface area (Å²) in [6.45, 7) is 0. The number of rotatable bonds is 1. The van der Waals surface area contributed by atoms with E-state index >= 15 is 0 Å². The topological polar surface area (TPSA) is 53.4 Å². The molecule has 0 radical (unpaired) electrons. The summed E-state index contributed by atoms with van der Waals surface area (Å²) < 4.78 is 12.1. The smallest absolute Gasteiger partial charge is 0.423 e. The molecule has 0 aliphatic heterocycles. The van der Waals surface area contributed by atoms with Gasteiger partial charge in [0.25, 0.3) is 0 Å². The third-order valence-corrected chi connectivity index (χ3v) is 1.05. The molecule has 3 nitrogen and oxygen atoms in total. The largest absolute Gasteiger partial charge is 0.490 e. The van der Waals surface area contributed by atoms with Gasteiger partial charge in [-0.2, -0.15) is 4.39 Å². The molecular formula is C6H9BFNO2. The first-order chi connectivity index (χ1) is 4.70. The summed E-state index contributed by atoms with van der Waals surface area (Å²) >= 11 is 0. The normalized spacial score (nSPS) is 8.64. The summed E-state index contributed by atoms with van der Waals surface area (Å²) in [4.78, 5) is 3.21. The molecule has 0 aromatic carbocycles. The number of hydrogen-bond acceptors (Lipinski definition) is 3. The highest BCUT2D eigenvalue weighted by Gasteiger charge is 2.09. The average molecular weight is 157 g/mol. The highest BCUT2D eigenvalue weighted by Crippen LogP contribution is 1.86. The summed E-state index contributed by atoms with van der Waals surface area (Å²) in [5, 5.41) is 17.0. The third kappa shape index (κ3) is 2.65. The molecule has 0 fully saturated rings. The van der Waals surface area contributed by atoms with Gasteiger partial charge >= 0.3 is 7.12 Å². The molecule has 1 heterocycles. The lowest BCUT2D eigenvalue weighted by atomic mass is 9.82. The average Bonchev–Trinajstić information content (AvgIpc) is 1.88. The Labute approximate surface area is 64.7 Å². The van der Waals surface area contributed by atoms with Crippen LogP contribution in [0.3, 0.4) is 0 Å². The Balaban J connectivity index is 0.000001000. The maximum atomic E-state index is 12.1. The first-order valence-corrected chi connectivity index (χ1v) is 2.68. The van der Waals surface area contributed by atoms with E-state index in [9.17, 15) is 4.39 Å². The lowest BCUT2D eigenvalue weighted by molar-refractivity contribution is 0.425. The van der Waals surface area contributed by atoms with Crippen molar-refractivity contribution in [3.63, 3.8) is 0 Å². The molecule has 2 N–H and O–H groups in total. The van der Waals surface area contributed by atoms with Crippen molar-refractivity contribution in [1.82, 2.24) is 4.98 Å². The minimum Gasteiger partial charge on any atom is -0.423 e. The van der Waals surface area contributed by atoms with Crippen molar-refractivity contribution >= 4 is 12.6 Å². The summed E-state index contributed by atoms with van der Waals surface area (Å²) in [7, 11) is -1.58. The number of pyridine rings is 1. The van der Waals surface area contributed by atoms with E-state index in [1.807, 2.05) is 0 Å². The van der Waals surface area contributed by atoms with Crippen LogP contribution in [-0.2, 0) is 0 Å². The van der Waals surface area contributed by atoms with E-state index in [4.69, 9.17) is 10.0 Å². The Bertz CT molecular complexity index is 214. The van der Waals surface area contributed by atoms with Gasteiger partial charge in [0.1, 0.15) is 0 Å². The summed E-state index contributed by atoms with van der Waals surface area (Å²) in [6.07, 6.45) is 1.07. The first kappa shape index (κ1) is 10.1. The molecule has 0 aliphatic carbocycles. The fourth-order valence-electron chi connectivity index (χ4n) is 0.540. The molecular weight excluding hydrogens is 148 g/mol. The number of nitrogens with zero attached hydrogens (tertiary/aromatic N) is 1. The van der Waals surface area contributed by atoms with Gasteiger partial charge in [0.2, 0.25) is 5.95 Å². The molecule has 1 rings (SSSR count). The van der Waals surface area contributed by atoms with E-state index in [0.717, 1.165) is 12.3 Å². The van der Waals surface area contributed by atoms with Crippen LogP contribution in [-0.4, -0.2) is 22.2 Å². The van der Waals surface area contributed by atoms with Crippen LogP contribution in [0.15, 0.2) is 18.3 Å². The van der Waals surface area contributed by atoms with Gasteiger partial charge in [-0.1, -0.05) is 13.5 Å². The van der Waals surface area contributed by atoms with Crippen LogP contribution >= 0.6 is 0 Å². The van der Waals surface area contributed by atoms with Gasteiger partial charge in [0.05, 0.1) is 0 Å². The Kier molecular flexibility index (Phi) is 3.71. The van der Waals surface area contributed by atoms with Gasteiger partial charge in [-0.15, -0.1) is 0 Å². The van der Waals surface area contributed by atoms with Gasteiger partial charge in [0.15, 0.2) is 0 Å². The Morgan fingerprint density at radius 2 is 2.00 bits per heavy atom. The van der Waals surface area contributed by atoms with E-state index in [0.29, 0.717) is 0 Å². The maximum absolute atomic E-state index is 12.1. The number of halogens is 1. The standard InChI is InChI=1S/C5H5BFNO2.CH4/c7-5-2-1-4(3-8-5)6(9)10;/h1-3,9-10H;1H4. The summed E-state index contributed by atoms with van der Waals surface area (Å²) in [6, 6.07) is 2.32. The predicted octanol–water partition coefficient (Wildman–Crippen LogP) is -0.463. The minimum atomic E-state index is -1.58. The molecule has 0 atom stereocenters. The Hall–Kier alpha value is -0.935. The fourth-order valence-corrected chi connectivity index (χ4v) is 0.540. The van der Waals surface area contributed by atoms with E-state index < -0.39 is 13.1 Å². The molecule has 0 bridgehead atoms. The molecule has 60 valence electrons. The molecule has 0 saturated heterocycles. The number of hydrogen-bond donors (Lipinski definition) is 2. The quantitative estimate of drug-likeness (QED) is 0.428. The van der Waals surface area contributed by atoms with Crippen LogP contribution in [0, 0.1) is 5.95 Å². The van der Waals surface area contributed by atoms with Crippen LogP contribution in [0.1, 0.15) is 7.43 Å². The van der Waals surface area contributed by atoms with E-state index in [1.54, 1.807) is 0 Å². The summed E-state index contributed by atoms with van der Waals surface area (Å²) in [5.41, 5.74) is 0.182. The zero-order valence-corrected chi connectivity index (χ0v) is 5.03. The zero-order chi connectivity index (χ0) is 7.56. The Morgan fingerprint density at radius 1 is 1.36 bits per heavy atom. The first-order valence-electron chi connectivity index (χ1n) is 2.68. The second-order valence-electron chi connectivity index (χ2n) is 1.79. The van der Waals surface area contributed by atoms with Crippen LogP contribution in [0.25, 0.3) is 0 Å². The van der Waals surface area contributed by atoms with Crippen LogP contribution in [0.4, 0.5) is 4.39 Å². The molecule has 1 aromatic rings. The number of aromatic nitrogens is 1. The van der Waals surface area contributed by atoms with Gasteiger partial charge in [-0.05, 0) is 6.07 Å². The van der Waals surface area contributed by atoms with Crippen molar-refractivity contribution in [2.24, 2.45) is 0 Å². The van der Waals surface area contributed by atoms with Gasteiger partial charge < -0.3 is 10.0 Å². The molecule has 0 spiro atoms. The molecule has 0 unspecified atom stereocenters. The molecule has 5 heteroatoms. The van der Waals surface area contributed by atoms with Gasteiger partial charge in [0, 0.05) is 11.7 Å². The Morgan fingerprint density at radius 3 is 2.36 bits per heavy atom.